The highest BCUT2D eigenvalue weighted by Gasteiger charge is 2.28. The SMILES string of the molecule is CCC(C)C(C)(O)CNC(=O)c1c(C)n[nH]c1C. The van der Waals surface area contributed by atoms with Crippen LogP contribution in [0.2, 0.25) is 0 Å². The average Bonchev–Trinajstić information content (AvgIpc) is 2.65. The minimum absolute atomic E-state index is 0.129. The topological polar surface area (TPSA) is 78.0 Å². The van der Waals surface area contributed by atoms with E-state index in [1.54, 1.807) is 13.8 Å². The second-order valence-electron chi connectivity index (χ2n) is 5.16. The molecule has 1 aromatic rings. The largest absolute Gasteiger partial charge is 0.388 e. The molecule has 2 atom stereocenters. The van der Waals surface area contributed by atoms with Crippen molar-refractivity contribution in [2.75, 3.05) is 6.54 Å². The van der Waals surface area contributed by atoms with Crippen LogP contribution in [0, 0.1) is 19.8 Å². The molecule has 1 aromatic heterocycles. The van der Waals surface area contributed by atoms with Crippen molar-refractivity contribution in [3.63, 3.8) is 0 Å². The first-order valence-electron chi connectivity index (χ1n) is 6.31. The number of hydrogen-bond donors (Lipinski definition) is 3. The van der Waals surface area contributed by atoms with Gasteiger partial charge in [0.15, 0.2) is 0 Å². The number of carbonyl (C=O) groups excluding carboxylic acids is 1. The summed E-state index contributed by atoms with van der Waals surface area (Å²) < 4.78 is 0. The molecule has 0 radical (unpaired) electrons. The highest BCUT2D eigenvalue weighted by molar-refractivity contribution is 5.96. The van der Waals surface area contributed by atoms with Crippen LogP contribution in [0.15, 0.2) is 0 Å². The summed E-state index contributed by atoms with van der Waals surface area (Å²) in [6.07, 6.45) is 0.868. The Labute approximate surface area is 108 Å². The summed E-state index contributed by atoms with van der Waals surface area (Å²) >= 11 is 0. The van der Waals surface area contributed by atoms with E-state index in [1.807, 2.05) is 20.8 Å². The number of carbonyl (C=O) groups is 1. The number of rotatable bonds is 5. The molecule has 0 saturated heterocycles. The Balaban J connectivity index is 2.68. The molecular weight excluding hydrogens is 230 g/mol. The van der Waals surface area contributed by atoms with Crippen molar-refractivity contribution in [3.05, 3.63) is 17.0 Å². The molecule has 102 valence electrons. The summed E-state index contributed by atoms with van der Waals surface area (Å²) in [5, 5.41) is 19.8. The lowest BCUT2D eigenvalue weighted by molar-refractivity contribution is 0.00591. The first-order valence-corrected chi connectivity index (χ1v) is 6.31. The summed E-state index contributed by atoms with van der Waals surface area (Å²) in [5.74, 6) is -0.0633. The van der Waals surface area contributed by atoms with Gasteiger partial charge in [0.1, 0.15) is 0 Å². The Morgan fingerprint density at radius 1 is 1.56 bits per heavy atom. The van der Waals surface area contributed by atoms with Gasteiger partial charge in [0.25, 0.3) is 5.91 Å². The maximum Gasteiger partial charge on any atom is 0.255 e. The zero-order valence-electron chi connectivity index (χ0n) is 11.8. The second-order valence-corrected chi connectivity index (χ2v) is 5.16. The van der Waals surface area contributed by atoms with Gasteiger partial charge in [-0.2, -0.15) is 5.10 Å². The Bertz CT molecular complexity index is 404. The number of aromatic amines is 1. The smallest absolute Gasteiger partial charge is 0.255 e. The molecule has 18 heavy (non-hydrogen) atoms. The summed E-state index contributed by atoms with van der Waals surface area (Å²) in [6.45, 7) is 9.57. The molecule has 0 aromatic carbocycles. The van der Waals surface area contributed by atoms with Gasteiger partial charge in [-0.3, -0.25) is 9.89 Å². The van der Waals surface area contributed by atoms with E-state index in [1.165, 1.54) is 0 Å². The normalized spacial score (nSPS) is 16.1. The van der Waals surface area contributed by atoms with Gasteiger partial charge in [-0.25, -0.2) is 0 Å². The van der Waals surface area contributed by atoms with Gasteiger partial charge in [-0.1, -0.05) is 20.3 Å². The fraction of sp³-hybridized carbons (Fsp3) is 0.692. The molecule has 0 aliphatic rings. The molecule has 0 bridgehead atoms. The van der Waals surface area contributed by atoms with E-state index in [0.29, 0.717) is 11.3 Å². The minimum atomic E-state index is -0.893. The van der Waals surface area contributed by atoms with Crippen molar-refractivity contribution in [1.82, 2.24) is 15.5 Å². The van der Waals surface area contributed by atoms with E-state index < -0.39 is 5.60 Å². The predicted molar refractivity (Wildman–Crippen MR) is 70.5 cm³/mol. The van der Waals surface area contributed by atoms with Gasteiger partial charge in [0.2, 0.25) is 0 Å². The number of amides is 1. The van der Waals surface area contributed by atoms with Crippen LogP contribution in [0.3, 0.4) is 0 Å². The summed E-state index contributed by atoms with van der Waals surface area (Å²) in [6, 6.07) is 0. The van der Waals surface area contributed by atoms with Crippen LogP contribution in [-0.2, 0) is 0 Å². The van der Waals surface area contributed by atoms with Gasteiger partial charge in [-0.05, 0) is 26.7 Å². The molecule has 0 fully saturated rings. The maximum absolute atomic E-state index is 12.0. The van der Waals surface area contributed by atoms with Crippen LogP contribution in [0.5, 0.6) is 0 Å². The number of aliphatic hydroxyl groups is 1. The number of nitrogens with one attached hydrogen (secondary N) is 2. The van der Waals surface area contributed by atoms with Crippen molar-refractivity contribution in [1.29, 1.82) is 0 Å². The molecule has 5 nitrogen and oxygen atoms in total. The van der Waals surface area contributed by atoms with E-state index in [2.05, 4.69) is 15.5 Å². The van der Waals surface area contributed by atoms with Crippen LogP contribution in [0.25, 0.3) is 0 Å². The van der Waals surface area contributed by atoms with Crippen LogP contribution in [0.1, 0.15) is 48.9 Å². The number of nitrogens with zero attached hydrogens (tertiary/aromatic N) is 1. The first-order chi connectivity index (χ1) is 8.29. The van der Waals surface area contributed by atoms with Gasteiger partial charge in [0.05, 0.1) is 16.9 Å². The van der Waals surface area contributed by atoms with Gasteiger partial charge < -0.3 is 10.4 Å². The lowest BCUT2D eigenvalue weighted by atomic mass is 9.88. The lowest BCUT2D eigenvalue weighted by Crippen LogP contribution is -2.45. The number of hydrogen-bond acceptors (Lipinski definition) is 3. The third-order valence-corrected chi connectivity index (χ3v) is 3.64. The van der Waals surface area contributed by atoms with Crippen molar-refractivity contribution in [2.24, 2.45) is 5.92 Å². The van der Waals surface area contributed by atoms with Crippen LogP contribution in [-0.4, -0.2) is 33.4 Å². The highest BCUT2D eigenvalue weighted by Crippen LogP contribution is 2.19. The second kappa shape index (κ2) is 5.52. The zero-order valence-corrected chi connectivity index (χ0v) is 11.8. The summed E-state index contributed by atoms with van der Waals surface area (Å²) in [7, 11) is 0. The van der Waals surface area contributed by atoms with E-state index >= 15 is 0 Å². The molecule has 3 N–H and O–H groups in total. The summed E-state index contributed by atoms with van der Waals surface area (Å²) in [5.41, 5.74) is 1.09. The molecule has 2 unspecified atom stereocenters. The number of aryl methyl sites for hydroxylation is 2. The van der Waals surface area contributed by atoms with Crippen LogP contribution in [0.4, 0.5) is 0 Å². The molecular formula is C13H23N3O2. The zero-order chi connectivity index (χ0) is 13.9. The molecule has 0 aliphatic carbocycles. The van der Waals surface area contributed by atoms with E-state index in [9.17, 15) is 9.90 Å². The monoisotopic (exact) mass is 253 g/mol. The van der Waals surface area contributed by atoms with E-state index in [0.717, 1.165) is 12.1 Å². The lowest BCUT2D eigenvalue weighted by Gasteiger charge is -2.29. The fourth-order valence-electron chi connectivity index (χ4n) is 1.85. The molecule has 0 saturated carbocycles. The van der Waals surface area contributed by atoms with Gasteiger partial charge in [-0.15, -0.1) is 0 Å². The molecule has 0 spiro atoms. The molecule has 5 heteroatoms. The molecule has 1 amide bonds. The first kappa shape index (κ1) is 14.7. The number of H-pyrrole nitrogens is 1. The van der Waals surface area contributed by atoms with Crippen LogP contribution >= 0.6 is 0 Å². The predicted octanol–water partition coefficient (Wildman–Crippen LogP) is 1.55. The van der Waals surface area contributed by atoms with Crippen molar-refractivity contribution >= 4 is 5.91 Å². The Morgan fingerprint density at radius 2 is 2.17 bits per heavy atom. The fourth-order valence-corrected chi connectivity index (χ4v) is 1.85. The maximum atomic E-state index is 12.0. The van der Waals surface area contributed by atoms with Crippen molar-refractivity contribution in [3.8, 4) is 0 Å². The molecule has 0 aliphatic heterocycles. The Hall–Kier alpha value is -1.36. The summed E-state index contributed by atoms with van der Waals surface area (Å²) in [4.78, 5) is 12.0. The van der Waals surface area contributed by atoms with Crippen molar-refractivity contribution in [2.45, 2.75) is 46.6 Å². The Morgan fingerprint density at radius 3 is 2.61 bits per heavy atom. The van der Waals surface area contributed by atoms with Crippen LogP contribution < -0.4 is 5.32 Å². The molecule has 1 rings (SSSR count). The van der Waals surface area contributed by atoms with Gasteiger partial charge in [0, 0.05) is 12.2 Å². The third-order valence-electron chi connectivity index (χ3n) is 3.64. The molecule has 1 heterocycles. The standard InChI is InChI=1S/C13H23N3O2/c1-6-8(2)13(5,18)7-14-12(17)11-9(3)15-16-10(11)4/h8,18H,6-7H2,1-5H3,(H,14,17)(H,15,16). The van der Waals surface area contributed by atoms with Gasteiger partial charge >= 0.3 is 0 Å². The van der Waals surface area contributed by atoms with Crippen molar-refractivity contribution < 1.29 is 9.90 Å². The Kier molecular flexibility index (Phi) is 4.51. The minimum Gasteiger partial charge on any atom is -0.388 e. The van der Waals surface area contributed by atoms with E-state index in [4.69, 9.17) is 0 Å². The van der Waals surface area contributed by atoms with E-state index in [-0.39, 0.29) is 18.4 Å². The third kappa shape index (κ3) is 3.10. The quantitative estimate of drug-likeness (QED) is 0.745. The number of aromatic nitrogens is 2. The average molecular weight is 253 g/mol. The highest BCUT2D eigenvalue weighted by atomic mass is 16.3.